The summed E-state index contributed by atoms with van der Waals surface area (Å²) in [6.45, 7) is 7.07. The average Bonchev–Trinajstić information content (AvgIpc) is 2.81. The fraction of sp³-hybridized carbons (Fsp3) is 0.273. The molecule has 1 aliphatic carbocycles. The van der Waals surface area contributed by atoms with Crippen LogP contribution in [0.25, 0.3) is 17.2 Å². The summed E-state index contributed by atoms with van der Waals surface area (Å²) < 4.78 is 13.7. The van der Waals surface area contributed by atoms with Crippen LogP contribution in [0.5, 0.6) is 0 Å². The molecule has 1 nitrogen and oxygen atoms in total. The van der Waals surface area contributed by atoms with E-state index >= 15 is 0 Å². The minimum absolute atomic E-state index is 0.196. The molecule has 24 heavy (non-hydrogen) atoms. The van der Waals surface area contributed by atoms with E-state index in [0.29, 0.717) is 12.5 Å². The highest BCUT2D eigenvalue weighted by molar-refractivity contribution is 6.05. The number of hydrogen-bond acceptors (Lipinski definition) is 1. The normalized spacial score (nSPS) is 15.5. The van der Waals surface area contributed by atoms with Gasteiger partial charge in [-0.05, 0) is 83.0 Å². The first-order valence-electron chi connectivity index (χ1n) is 8.53. The Morgan fingerprint density at radius 1 is 1.04 bits per heavy atom. The molecule has 2 N–H and O–H groups in total. The minimum Gasteiger partial charge on any atom is -0.330 e. The summed E-state index contributed by atoms with van der Waals surface area (Å²) in [6.07, 6.45) is 2.96. The maximum Gasteiger partial charge on any atom is 0.123 e. The third kappa shape index (κ3) is 3.07. The predicted octanol–water partition coefficient (Wildman–Crippen LogP) is 5.63. The van der Waals surface area contributed by atoms with Gasteiger partial charge in [-0.1, -0.05) is 44.2 Å². The number of allylic oxidation sites excluding steroid dienone is 2. The van der Waals surface area contributed by atoms with Crippen LogP contribution < -0.4 is 5.73 Å². The van der Waals surface area contributed by atoms with Gasteiger partial charge in [0, 0.05) is 0 Å². The first-order chi connectivity index (χ1) is 11.5. The molecule has 2 heteroatoms. The molecule has 0 saturated carbocycles. The lowest BCUT2D eigenvalue weighted by Crippen LogP contribution is -2.00. The second kappa shape index (κ2) is 6.74. The van der Waals surface area contributed by atoms with Crippen LogP contribution in [0.2, 0.25) is 0 Å². The van der Waals surface area contributed by atoms with E-state index in [-0.39, 0.29) is 5.82 Å². The largest absolute Gasteiger partial charge is 0.330 e. The van der Waals surface area contributed by atoms with Gasteiger partial charge in [0.25, 0.3) is 0 Å². The first kappa shape index (κ1) is 16.7. The third-order valence-corrected chi connectivity index (χ3v) is 4.76. The summed E-state index contributed by atoms with van der Waals surface area (Å²) in [4.78, 5) is 0. The van der Waals surface area contributed by atoms with Crippen molar-refractivity contribution in [2.24, 2.45) is 5.73 Å². The summed E-state index contributed by atoms with van der Waals surface area (Å²) in [5, 5.41) is 0. The van der Waals surface area contributed by atoms with E-state index in [4.69, 9.17) is 5.73 Å². The Bertz CT molecular complexity index is 810. The molecule has 3 rings (SSSR count). The lowest BCUT2D eigenvalue weighted by atomic mass is 9.98. The molecule has 0 saturated heterocycles. The Kier molecular flexibility index (Phi) is 4.68. The molecule has 0 spiro atoms. The molecule has 0 aromatic heterocycles. The number of hydrogen-bond donors (Lipinski definition) is 1. The summed E-state index contributed by atoms with van der Waals surface area (Å²) in [6, 6.07) is 13.7. The van der Waals surface area contributed by atoms with Crippen molar-refractivity contribution in [2.45, 2.75) is 33.1 Å². The standard InChI is InChI=1S/C22H24FN/c1-14(2)17-6-4-16(5-7-17)12-21-15(3)19(10-11-24)22-13-18(23)8-9-20(21)22/h4-9,12-14H,10-11,24H2,1-3H3. The van der Waals surface area contributed by atoms with E-state index in [1.54, 1.807) is 6.07 Å². The smallest absolute Gasteiger partial charge is 0.123 e. The first-order valence-corrected chi connectivity index (χ1v) is 8.53. The molecule has 0 radical (unpaired) electrons. The molecule has 124 valence electrons. The van der Waals surface area contributed by atoms with Gasteiger partial charge >= 0.3 is 0 Å². The predicted molar refractivity (Wildman–Crippen MR) is 101 cm³/mol. The van der Waals surface area contributed by atoms with Gasteiger partial charge in [-0.3, -0.25) is 0 Å². The Morgan fingerprint density at radius 3 is 2.38 bits per heavy atom. The van der Waals surface area contributed by atoms with Crippen molar-refractivity contribution in [1.29, 1.82) is 0 Å². The van der Waals surface area contributed by atoms with Crippen LogP contribution >= 0.6 is 0 Å². The number of nitrogens with two attached hydrogens (primary N) is 1. The second-order valence-electron chi connectivity index (χ2n) is 6.71. The Balaban J connectivity index is 2.07. The summed E-state index contributed by atoms with van der Waals surface area (Å²) >= 11 is 0. The van der Waals surface area contributed by atoms with E-state index < -0.39 is 0 Å². The molecule has 2 aromatic rings. The van der Waals surface area contributed by atoms with Crippen molar-refractivity contribution in [3.05, 3.63) is 76.1 Å². The van der Waals surface area contributed by atoms with Crippen molar-refractivity contribution in [2.75, 3.05) is 6.54 Å². The minimum atomic E-state index is -0.196. The topological polar surface area (TPSA) is 26.0 Å². The van der Waals surface area contributed by atoms with Crippen molar-refractivity contribution in [3.63, 3.8) is 0 Å². The number of halogens is 1. The molecule has 0 bridgehead atoms. The fourth-order valence-corrected chi connectivity index (χ4v) is 3.36. The van der Waals surface area contributed by atoms with E-state index in [2.05, 4.69) is 51.1 Å². The number of benzene rings is 2. The van der Waals surface area contributed by atoms with Crippen LogP contribution in [-0.4, -0.2) is 6.54 Å². The van der Waals surface area contributed by atoms with Crippen molar-refractivity contribution < 1.29 is 4.39 Å². The molecule has 0 fully saturated rings. The molecule has 2 aromatic carbocycles. The third-order valence-electron chi connectivity index (χ3n) is 4.76. The lowest BCUT2D eigenvalue weighted by molar-refractivity contribution is 0.627. The average molecular weight is 321 g/mol. The number of fused-ring (bicyclic) bond motifs is 1. The Morgan fingerprint density at radius 2 is 1.75 bits per heavy atom. The van der Waals surface area contributed by atoms with Crippen molar-refractivity contribution in [3.8, 4) is 0 Å². The monoisotopic (exact) mass is 321 g/mol. The molecule has 0 unspecified atom stereocenters. The van der Waals surface area contributed by atoms with Crippen LogP contribution in [0.3, 0.4) is 0 Å². The summed E-state index contributed by atoms with van der Waals surface area (Å²) in [5.41, 5.74) is 13.9. The maximum atomic E-state index is 13.7. The highest BCUT2D eigenvalue weighted by Crippen LogP contribution is 2.43. The van der Waals surface area contributed by atoms with E-state index in [9.17, 15) is 4.39 Å². The van der Waals surface area contributed by atoms with Gasteiger partial charge in [-0.2, -0.15) is 0 Å². The van der Waals surface area contributed by atoms with Crippen LogP contribution in [0, 0.1) is 5.82 Å². The Hall–Kier alpha value is -2.19. The van der Waals surface area contributed by atoms with E-state index in [1.807, 2.05) is 6.07 Å². The van der Waals surface area contributed by atoms with Crippen LogP contribution in [0.1, 0.15) is 55.4 Å². The quantitative estimate of drug-likeness (QED) is 0.776. The highest BCUT2D eigenvalue weighted by atomic mass is 19.1. The van der Waals surface area contributed by atoms with Gasteiger partial charge in [0.2, 0.25) is 0 Å². The SMILES string of the molecule is CC1=C(CCN)c2cc(F)ccc2C1=Cc1ccc(C(C)C)cc1. The molecule has 0 amide bonds. The zero-order valence-electron chi connectivity index (χ0n) is 14.6. The molecule has 0 heterocycles. The van der Waals surface area contributed by atoms with Gasteiger partial charge < -0.3 is 5.73 Å². The van der Waals surface area contributed by atoms with E-state index in [1.165, 1.54) is 22.8 Å². The van der Waals surface area contributed by atoms with Gasteiger partial charge in [0.1, 0.15) is 5.82 Å². The fourth-order valence-electron chi connectivity index (χ4n) is 3.36. The molecule has 0 aliphatic heterocycles. The van der Waals surface area contributed by atoms with Gasteiger partial charge in [0.15, 0.2) is 0 Å². The molecular weight excluding hydrogens is 297 g/mol. The lowest BCUT2D eigenvalue weighted by Gasteiger charge is -2.07. The molecular formula is C22H24FN. The zero-order valence-corrected chi connectivity index (χ0v) is 14.6. The van der Waals surface area contributed by atoms with Crippen molar-refractivity contribution >= 4 is 17.2 Å². The van der Waals surface area contributed by atoms with Crippen LogP contribution in [0.15, 0.2) is 48.0 Å². The van der Waals surface area contributed by atoms with Crippen LogP contribution in [-0.2, 0) is 0 Å². The van der Waals surface area contributed by atoms with E-state index in [0.717, 1.165) is 28.7 Å². The van der Waals surface area contributed by atoms with Gasteiger partial charge in [-0.25, -0.2) is 4.39 Å². The number of rotatable bonds is 4. The second-order valence-corrected chi connectivity index (χ2v) is 6.71. The Labute approximate surface area is 143 Å². The molecule has 0 atom stereocenters. The van der Waals surface area contributed by atoms with Crippen molar-refractivity contribution in [1.82, 2.24) is 0 Å². The maximum absolute atomic E-state index is 13.7. The van der Waals surface area contributed by atoms with Gasteiger partial charge in [-0.15, -0.1) is 0 Å². The zero-order chi connectivity index (χ0) is 17.3. The van der Waals surface area contributed by atoms with Crippen LogP contribution in [0.4, 0.5) is 4.39 Å². The highest BCUT2D eigenvalue weighted by Gasteiger charge is 2.23. The van der Waals surface area contributed by atoms with Gasteiger partial charge in [0.05, 0.1) is 0 Å². The molecule has 1 aliphatic rings. The summed E-state index contributed by atoms with van der Waals surface area (Å²) in [7, 11) is 0. The summed E-state index contributed by atoms with van der Waals surface area (Å²) in [5.74, 6) is 0.332.